The van der Waals surface area contributed by atoms with Crippen LogP contribution in [0.4, 0.5) is 4.39 Å². The van der Waals surface area contributed by atoms with Crippen LogP contribution in [0, 0.1) is 5.82 Å². The molecular weight excluding hydrogens is 379 g/mol. The van der Waals surface area contributed by atoms with Gasteiger partial charge in [0.05, 0.1) is 24.9 Å². The lowest BCUT2D eigenvalue weighted by Crippen LogP contribution is -3.13. The molecule has 1 saturated heterocycles. The zero-order chi connectivity index (χ0) is 19.1. The van der Waals surface area contributed by atoms with Crippen LogP contribution in [-0.4, -0.2) is 32.8 Å². The van der Waals surface area contributed by atoms with E-state index in [2.05, 4.69) is 10.1 Å². The first-order chi connectivity index (χ1) is 13.7. The van der Waals surface area contributed by atoms with Gasteiger partial charge in [0.25, 0.3) is 0 Å². The molecule has 1 aliphatic heterocycles. The molecule has 0 amide bonds. The largest absolute Gasteiger partial charge is 0.492 e. The molecule has 4 aromatic rings. The molecule has 28 heavy (non-hydrogen) atoms. The molecule has 0 radical (unpaired) electrons. The van der Waals surface area contributed by atoms with Gasteiger partial charge in [0, 0.05) is 0 Å². The minimum absolute atomic E-state index is 0.0247. The number of fused-ring (bicyclic) bond motifs is 1. The molecule has 1 aromatic carbocycles. The zero-order valence-corrected chi connectivity index (χ0v) is 16.0. The quantitative estimate of drug-likeness (QED) is 0.554. The normalized spacial score (nSPS) is 16.6. The van der Waals surface area contributed by atoms with Crippen LogP contribution in [-0.2, 0) is 0 Å². The predicted molar refractivity (Wildman–Crippen MR) is 103 cm³/mol. The second kappa shape index (κ2) is 7.03. The first-order valence-corrected chi connectivity index (χ1v) is 10.3. The molecule has 3 aromatic heterocycles. The molecule has 0 bridgehead atoms. The summed E-state index contributed by atoms with van der Waals surface area (Å²) in [7, 11) is 0. The molecule has 1 atom stereocenters. The smallest absolute Gasteiger partial charge is 0.235 e. The minimum atomic E-state index is -0.276. The molecule has 8 heteroatoms. The Morgan fingerprint density at radius 3 is 2.68 bits per heavy atom. The second-order valence-corrected chi connectivity index (χ2v) is 8.08. The van der Waals surface area contributed by atoms with Gasteiger partial charge in [-0.3, -0.25) is 0 Å². The van der Waals surface area contributed by atoms with Crippen LogP contribution in [0.2, 0.25) is 0 Å². The van der Waals surface area contributed by atoms with Crippen LogP contribution < -0.4 is 4.90 Å². The van der Waals surface area contributed by atoms with Crippen molar-refractivity contribution >= 4 is 16.3 Å². The van der Waals surface area contributed by atoms with Gasteiger partial charge >= 0.3 is 0 Å². The summed E-state index contributed by atoms with van der Waals surface area (Å²) in [5.41, 5.74) is 0.602. The molecular formula is C20H20FN4O2S+. The van der Waals surface area contributed by atoms with Gasteiger partial charge in [-0.2, -0.15) is 9.50 Å². The number of rotatable bonds is 4. The molecule has 6 nitrogen and oxygen atoms in total. The van der Waals surface area contributed by atoms with E-state index in [1.54, 1.807) is 24.5 Å². The van der Waals surface area contributed by atoms with Crippen molar-refractivity contribution in [2.24, 2.45) is 0 Å². The number of halogens is 1. The molecule has 144 valence electrons. The SMILES string of the molecule is Oc1c([C@H](c2ccccc2F)[NH+]2CCCCC2)sc2nc(-c3ccco3)nn12. The van der Waals surface area contributed by atoms with Gasteiger partial charge < -0.3 is 14.4 Å². The third kappa shape index (κ3) is 2.89. The number of thiazole rings is 1. The number of aromatic nitrogens is 3. The van der Waals surface area contributed by atoms with Gasteiger partial charge in [-0.25, -0.2) is 4.39 Å². The lowest BCUT2D eigenvalue weighted by Gasteiger charge is -2.31. The maximum absolute atomic E-state index is 14.7. The fraction of sp³-hybridized carbons (Fsp3) is 0.300. The van der Waals surface area contributed by atoms with Gasteiger partial charge in [0.15, 0.2) is 11.8 Å². The van der Waals surface area contributed by atoms with E-state index in [9.17, 15) is 9.50 Å². The van der Waals surface area contributed by atoms with Gasteiger partial charge in [0.1, 0.15) is 10.7 Å². The summed E-state index contributed by atoms with van der Waals surface area (Å²) in [6, 6.07) is 10.1. The van der Waals surface area contributed by atoms with Gasteiger partial charge in [-0.15, -0.1) is 5.10 Å². The van der Waals surface area contributed by atoms with Crippen LogP contribution >= 0.6 is 11.3 Å². The molecule has 1 aliphatic rings. The van der Waals surface area contributed by atoms with E-state index in [0.717, 1.165) is 25.9 Å². The van der Waals surface area contributed by atoms with Crippen molar-refractivity contribution in [1.82, 2.24) is 14.6 Å². The van der Waals surface area contributed by atoms with E-state index in [1.807, 2.05) is 12.1 Å². The van der Waals surface area contributed by atoms with E-state index in [-0.39, 0.29) is 17.7 Å². The summed E-state index contributed by atoms with van der Waals surface area (Å²) in [5.74, 6) is 0.743. The van der Waals surface area contributed by atoms with Gasteiger partial charge in [-0.05, 0) is 43.5 Å². The summed E-state index contributed by atoms with van der Waals surface area (Å²) in [4.78, 5) is 7.02. The van der Waals surface area contributed by atoms with Crippen LogP contribution in [0.25, 0.3) is 16.5 Å². The van der Waals surface area contributed by atoms with Crippen molar-refractivity contribution in [2.75, 3.05) is 13.1 Å². The lowest BCUT2D eigenvalue weighted by molar-refractivity contribution is -0.930. The average Bonchev–Trinajstić information content (AvgIpc) is 3.43. The Morgan fingerprint density at radius 2 is 1.96 bits per heavy atom. The molecule has 1 fully saturated rings. The summed E-state index contributed by atoms with van der Waals surface area (Å²) in [5, 5.41) is 15.3. The maximum atomic E-state index is 14.7. The first kappa shape index (κ1) is 17.4. The topological polar surface area (TPSA) is 68.0 Å². The first-order valence-electron chi connectivity index (χ1n) is 9.43. The van der Waals surface area contributed by atoms with Crippen LogP contribution in [0.1, 0.15) is 35.7 Å². The summed E-state index contributed by atoms with van der Waals surface area (Å²) < 4.78 is 21.5. The number of aromatic hydroxyl groups is 1. The van der Waals surface area contributed by atoms with Crippen molar-refractivity contribution in [3.05, 3.63) is 58.9 Å². The number of benzene rings is 1. The Balaban J connectivity index is 1.62. The molecule has 2 N–H and O–H groups in total. The van der Waals surface area contributed by atoms with Gasteiger partial charge in [-0.1, -0.05) is 23.5 Å². The number of quaternary nitrogens is 1. The van der Waals surface area contributed by atoms with E-state index >= 15 is 0 Å². The Labute approximate surface area is 164 Å². The number of hydrogen-bond donors (Lipinski definition) is 2. The Kier molecular flexibility index (Phi) is 4.37. The average molecular weight is 399 g/mol. The Morgan fingerprint density at radius 1 is 1.14 bits per heavy atom. The van der Waals surface area contributed by atoms with E-state index in [4.69, 9.17) is 4.42 Å². The fourth-order valence-corrected chi connectivity index (χ4v) is 5.13. The van der Waals surface area contributed by atoms with Gasteiger partial charge in [0.2, 0.25) is 16.7 Å². The lowest BCUT2D eigenvalue weighted by atomic mass is 10.00. The Bertz CT molecular complexity index is 1100. The molecule has 0 aliphatic carbocycles. The fourth-order valence-electron chi connectivity index (χ4n) is 4.00. The van der Waals surface area contributed by atoms with Crippen molar-refractivity contribution in [2.45, 2.75) is 25.3 Å². The van der Waals surface area contributed by atoms with Crippen molar-refractivity contribution < 1.29 is 18.8 Å². The number of nitrogens with one attached hydrogen (secondary N) is 1. The summed E-state index contributed by atoms with van der Waals surface area (Å²) in [6.07, 6.45) is 4.96. The highest BCUT2D eigenvalue weighted by Gasteiger charge is 2.35. The molecule has 0 spiro atoms. The number of likely N-dealkylation sites (tertiary alicyclic amines) is 1. The van der Waals surface area contributed by atoms with Crippen LogP contribution in [0.15, 0.2) is 47.1 Å². The molecule has 0 unspecified atom stereocenters. The van der Waals surface area contributed by atoms with Crippen molar-refractivity contribution in [1.29, 1.82) is 0 Å². The highest BCUT2D eigenvalue weighted by molar-refractivity contribution is 7.17. The van der Waals surface area contributed by atoms with Crippen molar-refractivity contribution in [3.63, 3.8) is 0 Å². The van der Waals surface area contributed by atoms with E-state index in [1.165, 1.54) is 33.2 Å². The van der Waals surface area contributed by atoms with Crippen LogP contribution in [0.3, 0.4) is 0 Å². The third-order valence-electron chi connectivity index (χ3n) is 5.32. The third-order valence-corrected chi connectivity index (χ3v) is 6.41. The maximum Gasteiger partial charge on any atom is 0.235 e. The molecule has 0 saturated carbocycles. The number of nitrogens with zero attached hydrogens (tertiary/aromatic N) is 3. The summed E-state index contributed by atoms with van der Waals surface area (Å²) in [6.45, 7) is 1.90. The van der Waals surface area contributed by atoms with Crippen molar-refractivity contribution in [3.8, 4) is 17.5 Å². The molecule has 4 heterocycles. The standard InChI is InChI=1S/C20H19FN4O2S/c21-14-8-3-2-7-13(14)16(24-10-4-1-5-11-24)17-19(26)25-20(28-17)22-18(23-25)15-9-6-12-27-15/h2-3,6-9,12,16,26H,1,4-5,10-11H2/p+1/t16-/m0/s1. The highest BCUT2D eigenvalue weighted by atomic mass is 32.1. The molecule has 5 rings (SSSR count). The number of piperidine rings is 1. The number of hydrogen-bond acceptors (Lipinski definition) is 5. The van der Waals surface area contributed by atoms with E-state index < -0.39 is 0 Å². The second-order valence-electron chi connectivity index (χ2n) is 7.07. The minimum Gasteiger partial charge on any atom is -0.492 e. The van der Waals surface area contributed by atoms with Crippen LogP contribution in [0.5, 0.6) is 5.88 Å². The predicted octanol–water partition coefficient (Wildman–Crippen LogP) is 3.05. The van der Waals surface area contributed by atoms with E-state index in [0.29, 0.717) is 27.0 Å². The Hall–Kier alpha value is -2.71. The summed E-state index contributed by atoms with van der Waals surface area (Å²) >= 11 is 1.36. The zero-order valence-electron chi connectivity index (χ0n) is 15.1. The highest BCUT2D eigenvalue weighted by Crippen LogP contribution is 2.36. The monoisotopic (exact) mass is 399 g/mol. The number of furan rings is 1.